The number of nitrogens with one attached hydrogen (secondary N) is 2. The highest BCUT2D eigenvalue weighted by molar-refractivity contribution is 9.10. The molecule has 0 heterocycles. The summed E-state index contributed by atoms with van der Waals surface area (Å²) in [6, 6.07) is 10.0. The van der Waals surface area contributed by atoms with Crippen molar-refractivity contribution in [1.29, 1.82) is 0 Å². The highest BCUT2D eigenvalue weighted by Crippen LogP contribution is 2.20. The van der Waals surface area contributed by atoms with E-state index >= 15 is 0 Å². The summed E-state index contributed by atoms with van der Waals surface area (Å²) in [6.07, 6.45) is 0. The largest absolute Gasteiger partial charge is 0.325 e. The van der Waals surface area contributed by atoms with Crippen LogP contribution in [0.4, 0.5) is 10.1 Å². The summed E-state index contributed by atoms with van der Waals surface area (Å²) in [7, 11) is -3.81. The van der Waals surface area contributed by atoms with Crippen LogP contribution in [0.15, 0.2) is 51.8 Å². The predicted octanol–water partition coefficient (Wildman–Crippen LogP) is 2.81. The van der Waals surface area contributed by atoms with E-state index in [-0.39, 0.29) is 4.90 Å². The van der Waals surface area contributed by atoms with Gasteiger partial charge in [0.25, 0.3) is 0 Å². The van der Waals surface area contributed by atoms with Gasteiger partial charge in [0.2, 0.25) is 15.9 Å². The van der Waals surface area contributed by atoms with E-state index < -0.39 is 28.3 Å². The lowest BCUT2D eigenvalue weighted by molar-refractivity contribution is -0.115. The number of aryl methyl sites for hydroxylation is 1. The first-order valence-electron chi connectivity index (χ1n) is 6.59. The van der Waals surface area contributed by atoms with Crippen molar-refractivity contribution in [3.8, 4) is 0 Å². The smallest absolute Gasteiger partial charge is 0.241 e. The summed E-state index contributed by atoms with van der Waals surface area (Å²) in [6.45, 7) is 1.24. The van der Waals surface area contributed by atoms with Crippen molar-refractivity contribution in [3.63, 3.8) is 0 Å². The molecule has 2 aromatic carbocycles. The molecule has 122 valence electrons. The Bertz CT molecular complexity index is 823. The van der Waals surface area contributed by atoms with Crippen molar-refractivity contribution < 1.29 is 17.6 Å². The average molecular weight is 401 g/mol. The molecule has 0 saturated heterocycles. The second-order valence-corrected chi connectivity index (χ2v) is 7.44. The van der Waals surface area contributed by atoms with E-state index in [2.05, 4.69) is 26.0 Å². The van der Waals surface area contributed by atoms with E-state index in [0.717, 1.165) is 0 Å². The van der Waals surface area contributed by atoms with Crippen molar-refractivity contribution in [2.75, 3.05) is 11.9 Å². The third kappa shape index (κ3) is 4.85. The molecule has 5 nitrogen and oxygen atoms in total. The van der Waals surface area contributed by atoms with Crippen LogP contribution in [0.2, 0.25) is 0 Å². The van der Waals surface area contributed by atoms with Gasteiger partial charge in [-0.15, -0.1) is 0 Å². The number of hydrogen-bond acceptors (Lipinski definition) is 3. The molecule has 2 aromatic rings. The lowest BCUT2D eigenvalue weighted by Gasteiger charge is -2.10. The summed E-state index contributed by atoms with van der Waals surface area (Å²) in [5.74, 6) is -0.971. The number of hydrogen-bond donors (Lipinski definition) is 2. The fourth-order valence-electron chi connectivity index (χ4n) is 1.84. The van der Waals surface area contributed by atoms with E-state index in [1.54, 1.807) is 19.1 Å². The van der Waals surface area contributed by atoms with Crippen LogP contribution in [0, 0.1) is 12.7 Å². The van der Waals surface area contributed by atoms with Gasteiger partial charge in [0.1, 0.15) is 5.82 Å². The quantitative estimate of drug-likeness (QED) is 0.809. The zero-order chi connectivity index (χ0) is 17.0. The first-order valence-corrected chi connectivity index (χ1v) is 8.87. The van der Waals surface area contributed by atoms with E-state index in [1.807, 2.05) is 0 Å². The molecular weight excluding hydrogens is 387 g/mol. The van der Waals surface area contributed by atoms with Crippen LogP contribution >= 0.6 is 15.9 Å². The molecule has 0 aromatic heterocycles. The molecule has 8 heteroatoms. The number of halogens is 2. The van der Waals surface area contributed by atoms with E-state index in [9.17, 15) is 17.6 Å². The van der Waals surface area contributed by atoms with Crippen LogP contribution in [-0.4, -0.2) is 20.9 Å². The van der Waals surface area contributed by atoms with Gasteiger partial charge < -0.3 is 5.32 Å². The average Bonchev–Trinajstić information content (AvgIpc) is 2.50. The van der Waals surface area contributed by atoms with Gasteiger partial charge in [-0.25, -0.2) is 17.5 Å². The molecule has 0 saturated carbocycles. The highest BCUT2D eigenvalue weighted by Gasteiger charge is 2.18. The van der Waals surface area contributed by atoms with Crippen LogP contribution < -0.4 is 10.0 Å². The molecule has 0 spiro atoms. The lowest BCUT2D eigenvalue weighted by atomic mass is 10.2. The molecule has 0 radical (unpaired) electrons. The number of carbonyl (C=O) groups is 1. The normalized spacial score (nSPS) is 11.3. The molecular formula is C15H14BrFN2O3S. The Morgan fingerprint density at radius 1 is 1.17 bits per heavy atom. The first-order chi connectivity index (χ1) is 10.8. The Balaban J connectivity index is 2.02. The Hall–Kier alpha value is -1.77. The van der Waals surface area contributed by atoms with Crippen LogP contribution in [0.25, 0.3) is 0 Å². The minimum atomic E-state index is -3.81. The monoisotopic (exact) mass is 400 g/mol. The van der Waals surface area contributed by atoms with Crippen LogP contribution in [0.5, 0.6) is 0 Å². The zero-order valence-electron chi connectivity index (χ0n) is 12.1. The molecule has 1 amide bonds. The topological polar surface area (TPSA) is 75.3 Å². The molecule has 0 atom stereocenters. The van der Waals surface area contributed by atoms with Gasteiger partial charge >= 0.3 is 0 Å². The Morgan fingerprint density at radius 2 is 1.83 bits per heavy atom. The number of rotatable bonds is 5. The molecule has 0 fully saturated rings. The minimum absolute atomic E-state index is 0.0986. The van der Waals surface area contributed by atoms with Gasteiger partial charge in [-0.3, -0.25) is 4.79 Å². The highest BCUT2D eigenvalue weighted by atomic mass is 79.9. The van der Waals surface area contributed by atoms with E-state index in [1.165, 1.54) is 30.3 Å². The van der Waals surface area contributed by atoms with E-state index in [0.29, 0.717) is 15.7 Å². The maximum Gasteiger partial charge on any atom is 0.241 e. The standard InChI is InChI=1S/C15H14BrFN2O3S/c1-10-2-3-11(16)8-14(10)23(21,22)18-9-15(20)19-13-6-4-12(17)5-7-13/h2-8,18H,9H2,1H3,(H,19,20). The lowest BCUT2D eigenvalue weighted by Crippen LogP contribution is -2.33. The predicted molar refractivity (Wildman–Crippen MR) is 89.1 cm³/mol. The van der Waals surface area contributed by atoms with Crippen LogP contribution in [0.3, 0.4) is 0 Å². The van der Waals surface area contributed by atoms with Crippen molar-refractivity contribution in [2.45, 2.75) is 11.8 Å². The fraction of sp³-hybridized carbons (Fsp3) is 0.133. The molecule has 2 N–H and O–H groups in total. The number of amides is 1. The van der Waals surface area contributed by atoms with Gasteiger partial charge in [0, 0.05) is 10.2 Å². The van der Waals surface area contributed by atoms with E-state index in [4.69, 9.17) is 0 Å². The minimum Gasteiger partial charge on any atom is -0.325 e. The first kappa shape index (κ1) is 17.6. The van der Waals surface area contributed by atoms with Crippen molar-refractivity contribution >= 4 is 37.5 Å². The zero-order valence-corrected chi connectivity index (χ0v) is 14.5. The van der Waals surface area contributed by atoms with Crippen LogP contribution in [-0.2, 0) is 14.8 Å². The summed E-state index contributed by atoms with van der Waals surface area (Å²) in [4.78, 5) is 11.9. The number of anilines is 1. The van der Waals surface area contributed by atoms with Gasteiger partial charge in [-0.2, -0.15) is 0 Å². The SMILES string of the molecule is Cc1ccc(Br)cc1S(=O)(=O)NCC(=O)Nc1ccc(F)cc1. The van der Waals surface area contributed by atoms with Crippen molar-refractivity contribution in [3.05, 3.63) is 58.3 Å². The van der Waals surface area contributed by atoms with Gasteiger partial charge in [-0.05, 0) is 48.9 Å². The Morgan fingerprint density at radius 3 is 2.48 bits per heavy atom. The second-order valence-electron chi connectivity index (χ2n) is 4.79. The molecule has 0 aliphatic heterocycles. The third-order valence-electron chi connectivity index (χ3n) is 2.99. The number of sulfonamides is 1. The number of carbonyl (C=O) groups excluding carboxylic acids is 1. The van der Waals surface area contributed by atoms with Crippen molar-refractivity contribution in [2.24, 2.45) is 0 Å². The Labute approximate surface area is 142 Å². The second kappa shape index (κ2) is 7.20. The van der Waals surface area contributed by atoms with Gasteiger partial charge in [0.15, 0.2) is 0 Å². The summed E-state index contributed by atoms with van der Waals surface area (Å²) in [5.41, 5.74) is 0.953. The fourth-order valence-corrected chi connectivity index (χ4v) is 3.60. The molecule has 23 heavy (non-hydrogen) atoms. The van der Waals surface area contributed by atoms with Crippen molar-refractivity contribution in [1.82, 2.24) is 4.72 Å². The molecule has 0 bridgehead atoms. The number of benzene rings is 2. The van der Waals surface area contributed by atoms with Crippen LogP contribution in [0.1, 0.15) is 5.56 Å². The maximum absolute atomic E-state index is 12.8. The van der Waals surface area contributed by atoms with Gasteiger partial charge in [-0.1, -0.05) is 22.0 Å². The maximum atomic E-state index is 12.8. The summed E-state index contributed by atoms with van der Waals surface area (Å²) >= 11 is 3.22. The van der Waals surface area contributed by atoms with Gasteiger partial charge in [0.05, 0.1) is 11.4 Å². The molecule has 0 unspecified atom stereocenters. The summed E-state index contributed by atoms with van der Waals surface area (Å²) < 4.78 is 40.1. The molecule has 0 aliphatic carbocycles. The molecule has 2 rings (SSSR count). The molecule has 0 aliphatic rings. The Kier molecular flexibility index (Phi) is 5.51. The third-order valence-corrected chi connectivity index (χ3v) is 5.03. The summed E-state index contributed by atoms with van der Waals surface area (Å²) in [5, 5.41) is 2.48.